The fraction of sp³-hybridized carbons (Fsp3) is 0.895. The first-order chi connectivity index (χ1) is 11.8. The van der Waals surface area contributed by atoms with Gasteiger partial charge in [0, 0.05) is 24.0 Å². The Morgan fingerprint density at radius 2 is 1.72 bits per heavy atom. The smallest absolute Gasteiger partial charge is 0.407 e. The van der Waals surface area contributed by atoms with E-state index in [1.807, 2.05) is 20.8 Å². The summed E-state index contributed by atoms with van der Waals surface area (Å²) in [7, 11) is 0. The molecule has 0 spiro atoms. The molecule has 0 unspecified atom stereocenters. The molecule has 2 amide bonds. The van der Waals surface area contributed by atoms with Crippen LogP contribution in [-0.2, 0) is 9.53 Å². The number of rotatable bonds is 3. The van der Waals surface area contributed by atoms with E-state index in [0.717, 1.165) is 25.7 Å². The van der Waals surface area contributed by atoms with Crippen molar-refractivity contribution in [3.63, 3.8) is 0 Å². The highest BCUT2D eigenvalue weighted by molar-refractivity contribution is 5.79. The minimum absolute atomic E-state index is 0.0190. The van der Waals surface area contributed by atoms with Crippen LogP contribution < -0.4 is 0 Å². The van der Waals surface area contributed by atoms with Crippen molar-refractivity contribution in [1.29, 1.82) is 0 Å². The Labute approximate surface area is 150 Å². The lowest BCUT2D eigenvalue weighted by Gasteiger charge is -2.44. The summed E-state index contributed by atoms with van der Waals surface area (Å²) in [5.74, 6) is 0.950. The second-order valence-corrected chi connectivity index (χ2v) is 8.84. The van der Waals surface area contributed by atoms with Gasteiger partial charge in [0.2, 0.25) is 5.91 Å². The number of carboxylic acid groups (broad SMARTS) is 1. The Morgan fingerprint density at radius 1 is 1.08 bits per heavy atom. The molecule has 25 heavy (non-hydrogen) atoms. The van der Waals surface area contributed by atoms with Crippen molar-refractivity contribution in [2.24, 2.45) is 11.8 Å². The number of carbonyl (C=O) groups is 2. The highest BCUT2D eigenvalue weighted by atomic mass is 16.5. The molecular formula is C19H32N2O4. The van der Waals surface area contributed by atoms with E-state index in [-0.39, 0.29) is 23.9 Å². The first-order valence-corrected chi connectivity index (χ1v) is 9.69. The molecule has 0 radical (unpaired) electrons. The van der Waals surface area contributed by atoms with Crippen LogP contribution >= 0.6 is 0 Å². The third-order valence-electron chi connectivity index (χ3n) is 5.95. The number of hydrogen-bond donors (Lipinski definition) is 1. The zero-order valence-electron chi connectivity index (χ0n) is 15.7. The van der Waals surface area contributed by atoms with E-state index in [2.05, 4.69) is 4.90 Å². The summed E-state index contributed by atoms with van der Waals surface area (Å²) in [5, 5.41) is 9.58. The van der Waals surface area contributed by atoms with Crippen LogP contribution in [0.1, 0.15) is 59.3 Å². The summed E-state index contributed by atoms with van der Waals surface area (Å²) in [6, 6.07) is 0.287. The molecule has 2 aliphatic carbocycles. The van der Waals surface area contributed by atoms with Gasteiger partial charge in [-0.2, -0.15) is 0 Å². The molecular weight excluding hydrogens is 320 g/mol. The fourth-order valence-corrected chi connectivity index (χ4v) is 4.57. The van der Waals surface area contributed by atoms with Crippen LogP contribution in [0.15, 0.2) is 0 Å². The summed E-state index contributed by atoms with van der Waals surface area (Å²) in [5.41, 5.74) is -0.408. The molecule has 1 atom stereocenters. The van der Waals surface area contributed by atoms with Crippen LogP contribution in [0.3, 0.4) is 0 Å². The van der Waals surface area contributed by atoms with E-state index in [4.69, 9.17) is 4.74 Å². The minimum Gasteiger partial charge on any atom is -0.465 e. The highest BCUT2D eigenvalue weighted by Crippen LogP contribution is 2.38. The molecule has 3 aliphatic rings. The highest BCUT2D eigenvalue weighted by Gasteiger charge is 2.42. The standard InChI is InChI=1S/C19H32N2O4/c1-19(2,3)21(18(23)24)15-8-6-14(7-9-15)17(22)20-10-11-25-12-16(20)13-4-5-13/h13-16H,4-12H2,1-3H3,(H,23,24)/t14?,15?,16-/m1/s1. The van der Waals surface area contributed by atoms with Gasteiger partial charge >= 0.3 is 6.09 Å². The Balaban J connectivity index is 1.59. The normalized spacial score (nSPS) is 30.8. The molecule has 0 bridgehead atoms. The fourth-order valence-electron chi connectivity index (χ4n) is 4.57. The molecule has 6 nitrogen and oxygen atoms in total. The number of nitrogens with zero attached hydrogens (tertiary/aromatic N) is 2. The number of hydrogen-bond acceptors (Lipinski definition) is 3. The molecule has 1 aliphatic heterocycles. The number of amides is 2. The van der Waals surface area contributed by atoms with Gasteiger partial charge in [0.05, 0.1) is 19.3 Å². The molecule has 2 saturated carbocycles. The molecule has 142 valence electrons. The van der Waals surface area contributed by atoms with Crippen LogP contribution in [0.5, 0.6) is 0 Å². The lowest BCUT2D eigenvalue weighted by atomic mass is 9.83. The van der Waals surface area contributed by atoms with Crippen molar-refractivity contribution in [2.75, 3.05) is 19.8 Å². The van der Waals surface area contributed by atoms with Crippen molar-refractivity contribution in [1.82, 2.24) is 9.80 Å². The van der Waals surface area contributed by atoms with E-state index >= 15 is 0 Å². The molecule has 1 saturated heterocycles. The Kier molecular flexibility index (Phi) is 5.28. The monoisotopic (exact) mass is 352 g/mol. The second kappa shape index (κ2) is 7.14. The minimum atomic E-state index is -0.857. The summed E-state index contributed by atoms with van der Waals surface area (Å²) in [6.07, 6.45) is 4.70. The maximum absolute atomic E-state index is 13.0. The van der Waals surface area contributed by atoms with Crippen LogP contribution in [0, 0.1) is 11.8 Å². The molecule has 3 fully saturated rings. The van der Waals surface area contributed by atoms with E-state index in [0.29, 0.717) is 25.7 Å². The summed E-state index contributed by atoms with van der Waals surface area (Å²) in [6.45, 7) is 7.85. The lowest BCUT2D eigenvalue weighted by Crippen LogP contribution is -2.54. The van der Waals surface area contributed by atoms with Crippen molar-refractivity contribution < 1.29 is 19.4 Å². The number of morpholine rings is 1. The van der Waals surface area contributed by atoms with E-state index in [1.54, 1.807) is 4.90 Å². The zero-order valence-corrected chi connectivity index (χ0v) is 15.7. The van der Waals surface area contributed by atoms with Crippen LogP contribution in [0.25, 0.3) is 0 Å². The van der Waals surface area contributed by atoms with Crippen molar-refractivity contribution in [3.8, 4) is 0 Å². The van der Waals surface area contributed by atoms with Gasteiger partial charge in [-0.1, -0.05) is 0 Å². The van der Waals surface area contributed by atoms with Gasteiger partial charge in [-0.05, 0) is 65.2 Å². The number of carbonyl (C=O) groups excluding carboxylic acids is 1. The number of ether oxygens (including phenoxy) is 1. The predicted molar refractivity (Wildman–Crippen MR) is 94.4 cm³/mol. The Morgan fingerprint density at radius 3 is 2.24 bits per heavy atom. The van der Waals surface area contributed by atoms with E-state index in [1.165, 1.54) is 12.8 Å². The molecule has 1 heterocycles. The summed E-state index contributed by atoms with van der Waals surface area (Å²) in [4.78, 5) is 28.4. The first-order valence-electron chi connectivity index (χ1n) is 9.69. The Bertz CT molecular complexity index is 504. The third-order valence-corrected chi connectivity index (χ3v) is 5.95. The van der Waals surface area contributed by atoms with Crippen LogP contribution in [0.4, 0.5) is 4.79 Å². The van der Waals surface area contributed by atoms with Gasteiger partial charge in [-0.3, -0.25) is 4.79 Å². The van der Waals surface area contributed by atoms with Gasteiger partial charge < -0.3 is 19.6 Å². The molecule has 6 heteroatoms. The summed E-state index contributed by atoms with van der Waals surface area (Å²) < 4.78 is 5.60. The van der Waals surface area contributed by atoms with Crippen molar-refractivity contribution >= 4 is 12.0 Å². The zero-order chi connectivity index (χ0) is 18.2. The average molecular weight is 352 g/mol. The third kappa shape index (κ3) is 4.10. The predicted octanol–water partition coefficient (Wildman–Crippen LogP) is 2.96. The van der Waals surface area contributed by atoms with Crippen molar-refractivity contribution in [3.05, 3.63) is 0 Å². The van der Waals surface area contributed by atoms with E-state index in [9.17, 15) is 14.7 Å². The van der Waals surface area contributed by atoms with Crippen molar-refractivity contribution in [2.45, 2.75) is 76.9 Å². The SMILES string of the molecule is CC(C)(C)N(C(=O)O)C1CCC(C(=O)N2CCOC[C@@H]2C2CC2)CC1. The largest absolute Gasteiger partial charge is 0.465 e. The van der Waals surface area contributed by atoms with Gasteiger partial charge in [0.15, 0.2) is 0 Å². The molecule has 0 aromatic carbocycles. The van der Waals surface area contributed by atoms with Gasteiger partial charge in [-0.25, -0.2) is 4.79 Å². The summed E-state index contributed by atoms with van der Waals surface area (Å²) >= 11 is 0. The molecule has 0 aromatic heterocycles. The average Bonchev–Trinajstić information content (AvgIpc) is 3.38. The van der Waals surface area contributed by atoms with E-state index < -0.39 is 11.6 Å². The molecule has 3 rings (SSSR count). The van der Waals surface area contributed by atoms with Crippen LogP contribution in [0.2, 0.25) is 0 Å². The first kappa shape index (κ1) is 18.5. The Hall–Kier alpha value is -1.30. The molecule has 1 N–H and O–H groups in total. The topological polar surface area (TPSA) is 70.1 Å². The van der Waals surface area contributed by atoms with Crippen LogP contribution in [-0.4, -0.2) is 64.3 Å². The molecule has 0 aromatic rings. The maximum atomic E-state index is 13.0. The second-order valence-electron chi connectivity index (χ2n) is 8.84. The van der Waals surface area contributed by atoms with Gasteiger partial charge in [-0.15, -0.1) is 0 Å². The maximum Gasteiger partial charge on any atom is 0.407 e. The quantitative estimate of drug-likeness (QED) is 0.848. The van der Waals surface area contributed by atoms with Gasteiger partial charge in [0.1, 0.15) is 0 Å². The van der Waals surface area contributed by atoms with Gasteiger partial charge in [0.25, 0.3) is 0 Å². The lowest BCUT2D eigenvalue weighted by molar-refractivity contribution is -0.146.